The van der Waals surface area contributed by atoms with Crippen molar-refractivity contribution in [3.05, 3.63) is 10.6 Å². The van der Waals surface area contributed by atoms with Crippen molar-refractivity contribution in [2.45, 2.75) is 19.9 Å². The number of nitrogens with zero attached hydrogens (tertiary/aromatic N) is 1. The number of carboxylic acids is 1. The van der Waals surface area contributed by atoms with Crippen LogP contribution in [0.1, 0.15) is 22.3 Å². The molecule has 1 heterocycles. The highest BCUT2D eigenvalue weighted by atomic mass is 32.1. The van der Waals surface area contributed by atoms with Crippen LogP contribution < -0.4 is 5.32 Å². The van der Waals surface area contributed by atoms with Crippen molar-refractivity contribution in [3.8, 4) is 0 Å². The van der Waals surface area contributed by atoms with Gasteiger partial charge in [0.15, 0.2) is 5.13 Å². The molecule has 0 spiro atoms. The van der Waals surface area contributed by atoms with Gasteiger partial charge in [-0.2, -0.15) is 12.6 Å². The van der Waals surface area contributed by atoms with Gasteiger partial charge in [-0.15, -0.1) is 0 Å². The van der Waals surface area contributed by atoms with E-state index in [1.54, 1.807) is 13.8 Å². The molecule has 1 rings (SSSR count). The van der Waals surface area contributed by atoms with Crippen LogP contribution in [0.2, 0.25) is 0 Å². The van der Waals surface area contributed by atoms with Crippen LogP contribution in [0.5, 0.6) is 0 Å². The molecule has 0 aliphatic rings. The minimum absolute atomic E-state index is 0.128. The van der Waals surface area contributed by atoms with Gasteiger partial charge in [-0.05, 0) is 13.8 Å². The number of aryl methyl sites for hydroxylation is 1. The zero-order valence-corrected chi connectivity index (χ0v) is 11.7. The molecule has 18 heavy (non-hydrogen) atoms. The third kappa shape index (κ3) is 3.61. The van der Waals surface area contributed by atoms with Crippen LogP contribution in [0.25, 0.3) is 0 Å². The van der Waals surface area contributed by atoms with Crippen LogP contribution in [0.15, 0.2) is 0 Å². The van der Waals surface area contributed by atoms with E-state index < -0.39 is 18.0 Å². The molecule has 0 saturated carbocycles. The number of carbonyl (C=O) groups is 2. The fourth-order valence-electron chi connectivity index (χ4n) is 1.18. The van der Waals surface area contributed by atoms with Crippen LogP contribution in [0.4, 0.5) is 5.13 Å². The molecule has 0 aliphatic carbocycles. The van der Waals surface area contributed by atoms with Crippen molar-refractivity contribution in [1.29, 1.82) is 0 Å². The summed E-state index contributed by atoms with van der Waals surface area (Å²) in [6.07, 6.45) is 0. The number of thiazole rings is 1. The lowest BCUT2D eigenvalue weighted by Gasteiger charge is -2.09. The SMILES string of the molecule is CCOC(=O)c1sc(N[C@@H](CS)C(=O)O)nc1C. The van der Waals surface area contributed by atoms with E-state index in [0.717, 1.165) is 11.3 Å². The maximum atomic E-state index is 11.6. The van der Waals surface area contributed by atoms with E-state index in [-0.39, 0.29) is 12.4 Å². The average Bonchev–Trinajstić information content (AvgIpc) is 2.67. The first-order valence-electron chi connectivity index (χ1n) is 5.24. The van der Waals surface area contributed by atoms with E-state index >= 15 is 0 Å². The topological polar surface area (TPSA) is 88.5 Å². The molecular weight excluding hydrogens is 276 g/mol. The summed E-state index contributed by atoms with van der Waals surface area (Å²) in [7, 11) is 0. The molecular formula is C10H14N2O4S2. The first kappa shape index (κ1) is 14.8. The fraction of sp³-hybridized carbons (Fsp3) is 0.500. The van der Waals surface area contributed by atoms with Gasteiger partial charge >= 0.3 is 11.9 Å². The molecule has 1 aromatic heterocycles. The van der Waals surface area contributed by atoms with Crippen LogP contribution in [-0.2, 0) is 9.53 Å². The van der Waals surface area contributed by atoms with Crippen LogP contribution >= 0.6 is 24.0 Å². The second-order valence-corrected chi connectivity index (χ2v) is 4.74. The molecule has 2 N–H and O–H groups in total. The van der Waals surface area contributed by atoms with Crippen LogP contribution in [0, 0.1) is 6.92 Å². The smallest absolute Gasteiger partial charge is 0.350 e. The van der Waals surface area contributed by atoms with Crippen LogP contribution in [-0.4, -0.2) is 40.4 Å². The highest BCUT2D eigenvalue weighted by Gasteiger charge is 2.20. The Morgan fingerprint density at radius 2 is 2.28 bits per heavy atom. The normalized spacial score (nSPS) is 11.9. The van der Waals surface area contributed by atoms with Gasteiger partial charge in [-0.25, -0.2) is 14.6 Å². The van der Waals surface area contributed by atoms with E-state index in [9.17, 15) is 9.59 Å². The molecule has 1 aromatic rings. The van der Waals surface area contributed by atoms with Gasteiger partial charge in [0.05, 0.1) is 12.3 Å². The molecule has 0 fully saturated rings. The maximum Gasteiger partial charge on any atom is 0.350 e. The van der Waals surface area contributed by atoms with E-state index in [0.29, 0.717) is 15.7 Å². The predicted molar refractivity (Wildman–Crippen MR) is 71.7 cm³/mol. The number of hydrogen-bond acceptors (Lipinski definition) is 7. The predicted octanol–water partition coefficient (Wildman–Crippen LogP) is 1.42. The fourth-order valence-corrected chi connectivity index (χ4v) is 2.34. The number of rotatable bonds is 6. The molecule has 0 aliphatic heterocycles. The molecule has 0 saturated heterocycles. The largest absolute Gasteiger partial charge is 0.480 e. The molecule has 0 amide bonds. The number of carbonyl (C=O) groups excluding carboxylic acids is 1. The molecule has 8 heteroatoms. The summed E-state index contributed by atoms with van der Waals surface area (Å²) in [6, 6.07) is -0.839. The van der Waals surface area contributed by atoms with Crippen molar-refractivity contribution in [2.24, 2.45) is 0 Å². The number of aliphatic carboxylic acids is 1. The second-order valence-electron chi connectivity index (χ2n) is 3.37. The Kier molecular flexibility index (Phi) is 5.42. The summed E-state index contributed by atoms with van der Waals surface area (Å²) in [5.74, 6) is -1.34. The number of esters is 1. The molecule has 0 aromatic carbocycles. The molecule has 0 bridgehead atoms. The summed E-state index contributed by atoms with van der Waals surface area (Å²) >= 11 is 5.01. The number of hydrogen-bond donors (Lipinski definition) is 3. The third-order valence-corrected chi connectivity index (χ3v) is 3.47. The van der Waals surface area contributed by atoms with Gasteiger partial charge in [0.25, 0.3) is 0 Å². The molecule has 1 atom stereocenters. The second kappa shape index (κ2) is 6.60. The van der Waals surface area contributed by atoms with Gasteiger partial charge in [0.1, 0.15) is 10.9 Å². The van der Waals surface area contributed by atoms with Gasteiger partial charge in [0, 0.05) is 5.75 Å². The summed E-state index contributed by atoms with van der Waals surface area (Å²) in [4.78, 5) is 26.9. The standard InChI is InChI=1S/C10H14N2O4S2/c1-3-16-9(15)7-5(2)11-10(18-7)12-6(4-17)8(13)14/h6,17H,3-4H2,1-2H3,(H,11,12)(H,13,14)/t6-/m0/s1. The van der Waals surface area contributed by atoms with Crippen molar-refractivity contribution < 1.29 is 19.4 Å². The number of aromatic nitrogens is 1. The number of thiol groups is 1. The molecule has 0 unspecified atom stereocenters. The minimum atomic E-state index is -1.02. The lowest BCUT2D eigenvalue weighted by atomic mass is 10.3. The Balaban J connectivity index is 2.83. The molecule has 6 nitrogen and oxygen atoms in total. The van der Waals surface area contributed by atoms with Crippen molar-refractivity contribution >= 4 is 41.0 Å². The van der Waals surface area contributed by atoms with Gasteiger partial charge in [-0.3, -0.25) is 0 Å². The number of anilines is 1. The minimum Gasteiger partial charge on any atom is -0.480 e. The van der Waals surface area contributed by atoms with Crippen molar-refractivity contribution in [3.63, 3.8) is 0 Å². The highest BCUT2D eigenvalue weighted by molar-refractivity contribution is 7.80. The maximum absolute atomic E-state index is 11.6. The van der Waals surface area contributed by atoms with Gasteiger partial charge in [-0.1, -0.05) is 11.3 Å². The van der Waals surface area contributed by atoms with E-state index in [4.69, 9.17) is 9.84 Å². The number of nitrogens with one attached hydrogen (secondary N) is 1. The molecule has 100 valence electrons. The van der Waals surface area contributed by atoms with Crippen molar-refractivity contribution in [2.75, 3.05) is 17.7 Å². The summed E-state index contributed by atoms with van der Waals surface area (Å²) in [5.41, 5.74) is 0.518. The Bertz CT molecular complexity index is 447. The zero-order valence-electron chi connectivity index (χ0n) is 9.97. The number of carboxylic acid groups (broad SMARTS) is 1. The third-order valence-electron chi connectivity index (χ3n) is 2.04. The monoisotopic (exact) mass is 290 g/mol. The van der Waals surface area contributed by atoms with Gasteiger partial charge in [0.2, 0.25) is 0 Å². The van der Waals surface area contributed by atoms with E-state index in [2.05, 4.69) is 22.9 Å². The Morgan fingerprint density at radius 1 is 1.61 bits per heavy atom. The Hall–Kier alpha value is -1.28. The van der Waals surface area contributed by atoms with Crippen LogP contribution in [0.3, 0.4) is 0 Å². The van der Waals surface area contributed by atoms with Gasteiger partial charge < -0.3 is 15.2 Å². The Labute approximate surface area is 114 Å². The first-order valence-corrected chi connectivity index (χ1v) is 6.69. The van der Waals surface area contributed by atoms with E-state index in [1.165, 1.54) is 0 Å². The lowest BCUT2D eigenvalue weighted by molar-refractivity contribution is -0.137. The first-order chi connectivity index (χ1) is 8.49. The Morgan fingerprint density at radius 3 is 2.78 bits per heavy atom. The number of ether oxygens (including phenoxy) is 1. The summed E-state index contributed by atoms with van der Waals surface area (Å²) in [5, 5.41) is 12.0. The molecule has 0 radical (unpaired) electrons. The average molecular weight is 290 g/mol. The van der Waals surface area contributed by atoms with E-state index in [1.807, 2.05) is 0 Å². The zero-order chi connectivity index (χ0) is 13.7. The van der Waals surface area contributed by atoms with Crippen molar-refractivity contribution in [1.82, 2.24) is 4.98 Å². The summed E-state index contributed by atoms with van der Waals surface area (Å²) in [6.45, 7) is 3.67. The summed E-state index contributed by atoms with van der Waals surface area (Å²) < 4.78 is 4.87. The highest BCUT2D eigenvalue weighted by Crippen LogP contribution is 2.24. The quantitative estimate of drug-likeness (QED) is 0.542. The lowest BCUT2D eigenvalue weighted by Crippen LogP contribution is -2.30.